The number of ether oxygens (including phenoxy) is 1. The second kappa shape index (κ2) is 7.39. The van der Waals surface area contributed by atoms with Crippen LogP contribution in [0.1, 0.15) is 19.8 Å². The highest BCUT2D eigenvalue weighted by atomic mass is 32.2. The minimum Gasteiger partial charge on any atom is -0.381 e. The van der Waals surface area contributed by atoms with Crippen LogP contribution >= 0.6 is 0 Å². The first-order chi connectivity index (χ1) is 11.2. The zero-order chi connectivity index (χ0) is 17.9. The predicted molar refractivity (Wildman–Crippen MR) is 82.9 cm³/mol. The van der Waals surface area contributed by atoms with E-state index in [0.29, 0.717) is 19.3 Å². The number of nitro benzene ring substituents is 1. The Hall–Kier alpha value is -1.81. The number of halogens is 2. The van der Waals surface area contributed by atoms with E-state index >= 15 is 0 Å². The normalized spacial score (nSPS) is 19.9. The van der Waals surface area contributed by atoms with Crippen molar-refractivity contribution in [3.8, 4) is 0 Å². The van der Waals surface area contributed by atoms with E-state index in [4.69, 9.17) is 4.74 Å². The van der Waals surface area contributed by atoms with Crippen LogP contribution in [-0.4, -0.2) is 38.4 Å². The molecule has 2 atom stereocenters. The van der Waals surface area contributed by atoms with Gasteiger partial charge in [0.25, 0.3) is 5.69 Å². The van der Waals surface area contributed by atoms with Gasteiger partial charge in [-0.1, -0.05) is 0 Å². The van der Waals surface area contributed by atoms with Crippen molar-refractivity contribution in [1.29, 1.82) is 0 Å². The summed E-state index contributed by atoms with van der Waals surface area (Å²) in [6.07, 6.45) is 1.80. The summed E-state index contributed by atoms with van der Waals surface area (Å²) in [4.78, 5) is 9.62. The fraction of sp³-hybridized carbons (Fsp3) is 0.571. The van der Waals surface area contributed by atoms with E-state index in [0.717, 1.165) is 25.0 Å². The number of nitrogens with one attached hydrogen (secondary N) is 1. The first kappa shape index (κ1) is 18.5. The molecule has 7 nitrogen and oxygen atoms in total. The molecule has 0 amide bonds. The molecule has 1 fully saturated rings. The molecule has 1 aliphatic rings. The lowest BCUT2D eigenvalue weighted by molar-refractivity contribution is -0.384. The van der Waals surface area contributed by atoms with E-state index in [1.807, 2.05) is 6.92 Å². The average molecular weight is 364 g/mol. The van der Waals surface area contributed by atoms with Gasteiger partial charge in [-0.25, -0.2) is 8.42 Å². The summed E-state index contributed by atoms with van der Waals surface area (Å²) in [6.45, 7) is 3.05. The number of nitrogens with zero attached hydrogens (tertiary/aromatic N) is 1. The van der Waals surface area contributed by atoms with Crippen molar-refractivity contribution in [1.82, 2.24) is 0 Å². The van der Waals surface area contributed by atoms with Crippen LogP contribution in [0.2, 0.25) is 0 Å². The highest BCUT2D eigenvalue weighted by Gasteiger charge is 2.30. The Bertz CT molecular complexity index is 705. The predicted octanol–water partition coefficient (Wildman–Crippen LogP) is 2.82. The van der Waals surface area contributed by atoms with Crippen LogP contribution in [0.25, 0.3) is 0 Å². The maximum Gasteiger partial charge on any atom is 0.341 e. The molecule has 1 aromatic carbocycles. The van der Waals surface area contributed by atoms with Gasteiger partial charge in [0.05, 0.1) is 16.4 Å². The van der Waals surface area contributed by atoms with Gasteiger partial charge < -0.3 is 10.1 Å². The summed E-state index contributed by atoms with van der Waals surface area (Å²) in [5, 5.41) is 14.2. The van der Waals surface area contributed by atoms with Gasteiger partial charge in [-0.2, -0.15) is 8.78 Å². The monoisotopic (exact) mass is 364 g/mol. The molecule has 1 aromatic rings. The number of hydrogen-bond donors (Lipinski definition) is 1. The third kappa shape index (κ3) is 3.99. The van der Waals surface area contributed by atoms with Crippen LogP contribution in [0, 0.1) is 16.0 Å². The van der Waals surface area contributed by atoms with Crippen LogP contribution in [0.4, 0.5) is 20.2 Å². The first-order valence-corrected chi connectivity index (χ1v) is 8.93. The molecule has 0 unspecified atom stereocenters. The lowest BCUT2D eigenvalue weighted by Gasteiger charge is -2.28. The van der Waals surface area contributed by atoms with Gasteiger partial charge in [0, 0.05) is 24.6 Å². The topological polar surface area (TPSA) is 98.5 Å². The molecule has 1 aliphatic heterocycles. The van der Waals surface area contributed by atoms with Crippen LogP contribution < -0.4 is 5.32 Å². The molecule has 1 heterocycles. The van der Waals surface area contributed by atoms with Crippen LogP contribution in [0.15, 0.2) is 23.1 Å². The van der Waals surface area contributed by atoms with Crippen LogP contribution in [-0.2, 0) is 14.6 Å². The van der Waals surface area contributed by atoms with Gasteiger partial charge in [0.1, 0.15) is 5.69 Å². The van der Waals surface area contributed by atoms with Crippen molar-refractivity contribution in [3.05, 3.63) is 28.3 Å². The average Bonchev–Trinajstić information content (AvgIpc) is 2.55. The van der Waals surface area contributed by atoms with Crippen molar-refractivity contribution < 1.29 is 26.9 Å². The van der Waals surface area contributed by atoms with E-state index in [2.05, 4.69) is 5.32 Å². The van der Waals surface area contributed by atoms with E-state index in [1.54, 1.807) is 0 Å². The van der Waals surface area contributed by atoms with Crippen molar-refractivity contribution in [2.24, 2.45) is 5.92 Å². The van der Waals surface area contributed by atoms with Crippen LogP contribution in [0.3, 0.4) is 0 Å². The van der Waals surface area contributed by atoms with Crippen LogP contribution in [0.5, 0.6) is 0 Å². The maximum absolute atomic E-state index is 12.6. The smallest absolute Gasteiger partial charge is 0.341 e. The third-order valence-electron chi connectivity index (χ3n) is 4.01. The number of hydrogen-bond acceptors (Lipinski definition) is 6. The second-order valence-electron chi connectivity index (χ2n) is 5.65. The molecular weight excluding hydrogens is 346 g/mol. The molecule has 2 rings (SSSR count). The number of anilines is 1. The lowest BCUT2D eigenvalue weighted by atomic mass is 9.94. The number of rotatable bonds is 6. The molecule has 24 heavy (non-hydrogen) atoms. The fourth-order valence-electron chi connectivity index (χ4n) is 2.59. The van der Waals surface area contributed by atoms with E-state index in [9.17, 15) is 27.3 Å². The highest BCUT2D eigenvalue weighted by molar-refractivity contribution is 7.91. The van der Waals surface area contributed by atoms with Gasteiger partial charge in [-0.15, -0.1) is 0 Å². The second-order valence-corrected chi connectivity index (χ2v) is 7.57. The van der Waals surface area contributed by atoms with Crippen molar-refractivity contribution in [2.45, 2.75) is 36.5 Å². The standard InChI is InChI=1S/C14H18F2N2O5S/c1-9(10-3-2-6-23-8-10)17-12-5-4-11(7-13(12)18(19)20)24(21,22)14(15)16/h4-5,7,9-10,14,17H,2-3,6,8H2,1H3/t9-,10+/m0/s1. The SMILES string of the molecule is C[C@H](Nc1ccc(S(=O)(=O)C(F)F)cc1[N+](=O)[O-])[C@@H]1CCCOC1. The molecule has 0 aromatic heterocycles. The molecule has 1 N–H and O–H groups in total. The zero-order valence-corrected chi connectivity index (χ0v) is 13.8. The number of sulfone groups is 1. The zero-order valence-electron chi connectivity index (χ0n) is 12.9. The van der Waals surface area contributed by atoms with Crippen molar-refractivity contribution in [3.63, 3.8) is 0 Å². The summed E-state index contributed by atoms with van der Waals surface area (Å²) >= 11 is 0. The van der Waals surface area contributed by atoms with Gasteiger partial charge in [0.2, 0.25) is 9.84 Å². The quantitative estimate of drug-likeness (QED) is 0.616. The first-order valence-electron chi connectivity index (χ1n) is 7.38. The summed E-state index contributed by atoms with van der Waals surface area (Å²) < 4.78 is 53.5. The molecular formula is C14H18F2N2O5S. The Kier molecular flexibility index (Phi) is 5.70. The number of nitro groups is 1. The molecule has 1 saturated heterocycles. The Balaban J connectivity index is 2.28. The highest BCUT2D eigenvalue weighted by Crippen LogP contribution is 2.31. The molecule has 0 spiro atoms. The van der Waals surface area contributed by atoms with Crippen molar-refractivity contribution >= 4 is 21.2 Å². The summed E-state index contributed by atoms with van der Waals surface area (Å²) in [5.41, 5.74) is -0.466. The van der Waals surface area contributed by atoms with Gasteiger partial charge in [-0.3, -0.25) is 10.1 Å². The Morgan fingerprint density at radius 3 is 2.67 bits per heavy atom. The van der Waals surface area contributed by atoms with E-state index in [-0.39, 0.29) is 17.6 Å². The molecule has 134 valence electrons. The number of alkyl halides is 2. The summed E-state index contributed by atoms with van der Waals surface area (Å²) in [7, 11) is -4.88. The van der Waals surface area contributed by atoms with Gasteiger partial charge in [-0.05, 0) is 31.9 Å². The van der Waals surface area contributed by atoms with Gasteiger partial charge in [0.15, 0.2) is 0 Å². The third-order valence-corrected chi connectivity index (χ3v) is 5.39. The molecule has 0 bridgehead atoms. The summed E-state index contributed by atoms with van der Waals surface area (Å²) in [5.74, 6) is -3.47. The fourth-order valence-corrected chi connectivity index (χ4v) is 3.33. The molecule has 0 radical (unpaired) electrons. The number of benzene rings is 1. The molecule has 10 heteroatoms. The molecule has 0 aliphatic carbocycles. The van der Waals surface area contributed by atoms with E-state index in [1.165, 1.54) is 0 Å². The summed E-state index contributed by atoms with van der Waals surface area (Å²) in [6, 6.07) is 2.60. The Morgan fingerprint density at radius 2 is 2.12 bits per heavy atom. The maximum atomic E-state index is 12.6. The van der Waals surface area contributed by atoms with E-state index < -0.39 is 31.1 Å². The Morgan fingerprint density at radius 1 is 1.42 bits per heavy atom. The van der Waals surface area contributed by atoms with Crippen molar-refractivity contribution in [2.75, 3.05) is 18.5 Å². The molecule has 0 saturated carbocycles. The lowest BCUT2D eigenvalue weighted by Crippen LogP contribution is -2.32. The largest absolute Gasteiger partial charge is 0.381 e. The minimum atomic E-state index is -4.88. The van der Waals surface area contributed by atoms with Gasteiger partial charge >= 0.3 is 5.76 Å². The Labute approximate surface area is 138 Å². The minimum absolute atomic E-state index is 0.0892.